The lowest BCUT2D eigenvalue weighted by Crippen LogP contribution is -2.42. The molecule has 2 atom stereocenters. The summed E-state index contributed by atoms with van der Waals surface area (Å²) in [5.41, 5.74) is 0.897. The number of thioether (sulfide) groups is 1. The van der Waals surface area contributed by atoms with Crippen LogP contribution in [0, 0.1) is 10.1 Å². The quantitative estimate of drug-likeness (QED) is 0.390. The van der Waals surface area contributed by atoms with Gasteiger partial charge in [0.15, 0.2) is 0 Å². The van der Waals surface area contributed by atoms with E-state index in [1.54, 1.807) is 61.2 Å². The van der Waals surface area contributed by atoms with Gasteiger partial charge in [0.05, 0.1) is 4.92 Å². The van der Waals surface area contributed by atoms with Crippen molar-refractivity contribution in [3.63, 3.8) is 0 Å². The molecule has 0 radical (unpaired) electrons. The average Bonchev–Trinajstić information content (AvgIpc) is 2.71. The minimum atomic E-state index is -0.804. The van der Waals surface area contributed by atoms with E-state index in [2.05, 4.69) is 5.32 Å². The number of nitrogens with one attached hydrogen (secondary N) is 1. The Morgan fingerprint density at radius 2 is 1.89 bits per heavy atom. The van der Waals surface area contributed by atoms with Gasteiger partial charge in [-0.3, -0.25) is 14.9 Å². The van der Waals surface area contributed by atoms with Crippen molar-refractivity contribution in [2.75, 3.05) is 12.0 Å². The number of nitro groups is 1. The van der Waals surface area contributed by atoms with Crippen LogP contribution in [0.15, 0.2) is 54.6 Å². The summed E-state index contributed by atoms with van der Waals surface area (Å²) in [5, 5.41) is 13.6. The maximum Gasteiger partial charge on any atom is 0.329 e. The highest BCUT2D eigenvalue weighted by Gasteiger charge is 2.25. The van der Waals surface area contributed by atoms with Gasteiger partial charge in [0.1, 0.15) is 12.1 Å². The Bertz CT molecular complexity index is 828. The van der Waals surface area contributed by atoms with E-state index in [0.29, 0.717) is 23.3 Å². The largest absolute Gasteiger partial charge is 0.456 e. The van der Waals surface area contributed by atoms with Crippen LogP contribution in [0.2, 0.25) is 0 Å². The summed E-state index contributed by atoms with van der Waals surface area (Å²) < 4.78 is 5.48. The van der Waals surface area contributed by atoms with E-state index < -0.39 is 23.0 Å². The summed E-state index contributed by atoms with van der Waals surface area (Å²) in [4.78, 5) is 35.5. The summed E-state index contributed by atoms with van der Waals surface area (Å²) in [6.45, 7) is 1.64. The second kappa shape index (κ2) is 10.5. The first-order valence-electron chi connectivity index (χ1n) is 8.72. The molecule has 0 fully saturated rings. The first kappa shape index (κ1) is 21.4. The molecule has 0 aromatic heterocycles. The van der Waals surface area contributed by atoms with Gasteiger partial charge in [0.2, 0.25) is 0 Å². The summed E-state index contributed by atoms with van der Waals surface area (Å²) >= 11 is 1.56. The van der Waals surface area contributed by atoms with Crippen LogP contribution >= 0.6 is 11.8 Å². The van der Waals surface area contributed by atoms with E-state index in [1.807, 2.05) is 6.26 Å². The number of carbonyl (C=O) groups excluding carboxylic acids is 2. The molecular weight excluding hydrogens is 380 g/mol. The van der Waals surface area contributed by atoms with Crippen LogP contribution in [0.1, 0.15) is 35.4 Å². The van der Waals surface area contributed by atoms with Gasteiger partial charge in [-0.25, -0.2) is 4.79 Å². The van der Waals surface area contributed by atoms with Crippen molar-refractivity contribution in [1.29, 1.82) is 0 Å². The number of ether oxygens (including phenoxy) is 1. The lowest BCUT2D eigenvalue weighted by molar-refractivity contribution is -0.385. The third-order valence-corrected chi connectivity index (χ3v) is 4.72. The molecule has 0 spiro atoms. The summed E-state index contributed by atoms with van der Waals surface area (Å²) in [6.07, 6.45) is 1.64. The molecule has 0 saturated carbocycles. The molecule has 0 unspecified atom stereocenters. The number of esters is 1. The smallest absolute Gasteiger partial charge is 0.329 e. The zero-order valence-corrected chi connectivity index (χ0v) is 16.5. The van der Waals surface area contributed by atoms with Crippen LogP contribution < -0.4 is 5.32 Å². The fourth-order valence-electron chi connectivity index (χ4n) is 2.53. The Labute approximate surface area is 167 Å². The number of hydrogen-bond acceptors (Lipinski definition) is 6. The lowest BCUT2D eigenvalue weighted by atomic mass is 10.1. The van der Waals surface area contributed by atoms with E-state index in [0.717, 1.165) is 0 Å². The minimum Gasteiger partial charge on any atom is -0.456 e. The first-order valence-corrected chi connectivity index (χ1v) is 10.1. The number of hydrogen-bond donors (Lipinski definition) is 1. The zero-order valence-electron chi connectivity index (χ0n) is 15.7. The van der Waals surface area contributed by atoms with Crippen molar-refractivity contribution >= 4 is 29.3 Å². The number of benzene rings is 2. The van der Waals surface area contributed by atoms with Crippen LogP contribution in [-0.2, 0) is 9.53 Å². The van der Waals surface area contributed by atoms with E-state index >= 15 is 0 Å². The summed E-state index contributed by atoms with van der Waals surface area (Å²) in [7, 11) is 0. The van der Waals surface area contributed by atoms with Gasteiger partial charge in [-0.2, -0.15) is 11.8 Å². The Hall–Kier alpha value is -2.87. The molecule has 148 valence electrons. The molecule has 2 aromatic carbocycles. The molecule has 1 amide bonds. The lowest BCUT2D eigenvalue weighted by Gasteiger charge is -2.20. The molecule has 0 aliphatic rings. The van der Waals surface area contributed by atoms with Crippen molar-refractivity contribution in [3.8, 4) is 0 Å². The minimum absolute atomic E-state index is 0.0725. The summed E-state index contributed by atoms with van der Waals surface area (Å²) in [6, 6.07) is 13.8. The topological polar surface area (TPSA) is 98.5 Å². The van der Waals surface area contributed by atoms with Crippen molar-refractivity contribution in [2.45, 2.75) is 25.5 Å². The van der Waals surface area contributed by atoms with E-state index in [-0.39, 0.29) is 11.6 Å². The van der Waals surface area contributed by atoms with Gasteiger partial charge in [0.25, 0.3) is 11.6 Å². The van der Waals surface area contributed by atoms with E-state index in [1.165, 1.54) is 12.1 Å². The molecule has 7 nitrogen and oxygen atoms in total. The number of carbonyl (C=O) groups is 2. The maximum atomic E-state index is 12.6. The second-order valence-electron chi connectivity index (χ2n) is 6.10. The molecule has 0 heterocycles. The first-order chi connectivity index (χ1) is 13.4. The predicted molar refractivity (Wildman–Crippen MR) is 108 cm³/mol. The predicted octanol–water partition coefficient (Wildman–Crippen LogP) is 3.75. The van der Waals surface area contributed by atoms with Crippen molar-refractivity contribution in [2.24, 2.45) is 0 Å². The van der Waals surface area contributed by atoms with E-state index in [4.69, 9.17) is 4.74 Å². The van der Waals surface area contributed by atoms with Crippen LogP contribution in [0.3, 0.4) is 0 Å². The number of nitrogens with zero attached hydrogens (tertiary/aromatic N) is 1. The van der Waals surface area contributed by atoms with Gasteiger partial charge in [-0.15, -0.1) is 0 Å². The van der Waals surface area contributed by atoms with Crippen molar-refractivity contribution < 1.29 is 19.2 Å². The molecule has 0 aliphatic heterocycles. The van der Waals surface area contributed by atoms with E-state index in [9.17, 15) is 19.7 Å². The second-order valence-corrected chi connectivity index (χ2v) is 7.09. The third kappa shape index (κ3) is 6.09. The highest BCUT2D eigenvalue weighted by Crippen LogP contribution is 2.22. The van der Waals surface area contributed by atoms with Gasteiger partial charge < -0.3 is 10.1 Å². The summed E-state index contributed by atoms with van der Waals surface area (Å²) in [5.74, 6) is -0.260. The van der Waals surface area contributed by atoms with Crippen LogP contribution in [0.4, 0.5) is 5.69 Å². The van der Waals surface area contributed by atoms with Crippen LogP contribution in [0.5, 0.6) is 0 Å². The number of amides is 1. The number of non-ortho nitro benzene ring substituents is 1. The standard InChI is InChI=1S/C20H22N2O5S/c1-14(16-9-6-10-17(13-16)22(25)26)27-20(24)18(11-12-28-2)21-19(23)15-7-4-3-5-8-15/h3-10,13-14,18H,11-12H2,1-2H3,(H,21,23)/t14-,18-/m0/s1. The average molecular weight is 402 g/mol. The fraction of sp³-hybridized carbons (Fsp3) is 0.300. The maximum absolute atomic E-state index is 12.6. The van der Waals surface area contributed by atoms with Gasteiger partial charge in [-0.05, 0) is 43.0 Å². The molecular formula is C20H22N2O5S. The molecule has 2 aromatic rings. The van der Waals surface area contributed by atoms with Crippen LogP contribution in [-0.4, -0.2) is 34.9 Å². The zero-order chi connectivity index (χ0) is 20.5. The molecule has 0 bridgehead atoms. The molecule has 28 heavy (non-hydrogen) atoms. The van der Waals surface area contributed by atoms with Crippen LogP contribution in [0.25, 0.3) is 0 Å². The van der Waals surface area contributed by atoms with Gasteiger partial charge >= 0.3 is 5.97 Å². The van der Waals surface area contributed by atoms with Crippen molar-refractivity contribution in [1.82, 2.24) is 5.32 Å². The molecule has 8 heteroatoms. The Kier molecular flexibility index (Phi) is 8.01. The third-order valence-electron chi connectivity index (χ3n) is 4.08. The number of nitro benzene ring substituents is 1. The normalized spacial score (nSPS) is 12.6. The Morgan fingerprint density at radius 3 is 2.54 bits per heavy atom. The monoisotopic (exact) mass is 402 g/mol. The molecule has 0 aliphatic carbocycles. The molecule has 2 rings (SSSR count). The van der Waals surface area contributed by atoms with Crippen molar-refractivity contribution in [3.05, 3.63) is 75.8 Å². The highest BCUT2D eigenvalue weighted by atomic mass is 32.2. The molecule has 1 N–H and O–H groups in total. The molecule has 0 saturated heterocycles. The Balaban J connectivity index is 2.08. The van der Waals surface area contributed by atoms with Gasteiger partial charge in [-0.1, -0.05) is 30.3 Å². The SMILES string of the molecule is CSCC[C@H](NC(=O)c1ccccc1)C(=O)O[C@@H](C)c1cccc([N+](=O)[O-])c1. The highest BCUT2D eigenvalue weighted by molar-refractivity contribution is 7.98. The fourth-order valence-corrected chi connectivity index (χ4v) is 3.00. The Morgan fingerprint density at radius 1 is 1.18 bits per heavy atom. The number of rotatable bonds is 9. The van der Waals surface area contributed by atoms with Gasteiger partial charge in [0, 0.05) is 17.7 Å².